The smallest absolute Gasteiger partial charge is 0.402 e. The molecule has 23 heavy (non-hydrogen) atoms. The van der Waals surface area contributed by atoms with E-state index in [2.05, 4.69) is 10.1 Å². The van der Waals surface area contributed by atoms with Crippen LogP contribution in [0, 0.1) is 0 Å². The first-order valence-corrected chi connectivity index (χ1v) is 6.60. The Morgan fingerprint density at radius 2 is 2.00 bits per heavy atom. The first-order chi connectivity index (χ1) is 10.7. The number of carbonyl (C=O) groups is 2. The Morgan fingerprint density at radius 1 is 1.30 bits per heavy atom. The third-order valence-corrected chi connectivity index (χ3v) is 3.08. The number of β-amino-alcohol motifs (C(OH)–C–C–N with tert-alkyl or cyclic N) is 1. The van der Waals surface area contributed by atoms with Gasteiger partial charge in [0.15, 0.2) is 5.75 Å². The first-order valence-electron chi connectivity index (χ1n) is 6.22. The SMILES string of the molecule is O=C1C=C(Nc2cccc(Cl)c2OC(F)(F)F)C(=O)N1CCO. The lowest BCUT2D eigenvalue weighted by molar-refractivity contribution is -0.274. The number of amides is 2. The van der Waals surface area contributed by atoms with Crippen LogP contribution in [0.25, 0.3) is 0 Å². The number of alkyl halides is 3. The molecule has 0 unspecified atom stereocenters. The average Bonchev–Trinajstić information content (AvgIpc) is 2.70. The van der Waals surface area contributed by atoms with Crippen LogP contribution in [0.15, 0.2) is 30.0 Å². The number of aliphatic hydroxyl groups excluding tert-OH is 1. The van der Waals surface area contributed by atoms with Crippen LogP contribution in [0.2, 0.25) is 5.02 Å². The van der Waals surface area contributed by atoms with Gasteiger partial charge in [-0.05, 0) is 12.1 Å². The maximum Gasteiger partial charge on any atom is 0.573 e. The monoisotopic (exact) mass is 350 g/mol. The van der Waals surface area contributed by atoms with Gasteiger partial charge >= 0.3 is 6.36 Å². The van der Waals surface area contributed by atoms with Crippen LogP contribution in [-0.2, 0) is 9.59 Å². The number of hydrogen-bond acceptors (Lipinski definition) is 5. The molecule has 10 heteroatoms. The molecule has 1 aromatic rings. The lowest BCUT2D eigenvalue weighted by Crippen LogP contribution is -2.34. The summed E-state index contributed by atoms with van der Waals surface area (Å²) in [5.41, 5.74) is -0.481. The van der Waals surface area contributed by atoms with Crippen molar-refractivity contribution in [2.24, 2.45) is 0 Å². The van der Waals surface area contributed by atoms with Gasteiger partial charge in [0, 0.05) is 6.08 Å². The number of ether oxygens (including phenoxy) is 1. The summed E-state index contributed by atoms with van der Waals surface area (Å²) in [7, 11) is 0. The van der Waals surface area contributed by atoms with E-state index in [1.807, 2.05) is 0 Å². The van der Waals surface area contributed by atoms with Crippen molar-refractivity contribution in [3.63, 3.8) is 0 Å². The Labute approximate surface area is 133 Å². The number of aliphatic hydroxyl groups is 1. The summed E-state index contributed by atoms with van der Waals surface area (Å²) in [6, 6.07) is 3.74. The molecule has 124 valence electrons. The number of imide groups is 1. The van der Waals surface area contributed by atoms with E-state index in [-0.39, 0.29) is 23.0 Å². The molecule has 0 fully saturated rings. The number of anilines is 1. The van der Waals surface area contributed by atoms with Gasteiger partial charge in [0.1, 0.15) is 5.70 Å². The largest absolute Gasteiger partial charge is 0.573 e. The summed E-state index contributed by atoms with van der Waals surface area (Å²) in [6.45, 7) is -0.654. The van der Waals surface area contributed by atoms with Crippen LogP contribution >= 0.6 is 11.6 Å². The summed E-state index contributed by atoms with van der Waals surface area (Å²) in [5, 5.41) is 10.9. The highest BCUT2D eigenvalue weighted by atomic mass is 35.5. The lowest BCUT2D eigenvalue weighted by atomic mass is 10.2. The second-order valence-corrected chi connectivity index (χ2v) is 4.77. The Kier molecular flexibility index (Phi) is 4.81. The molecule has 2 N–H and O–H groups in total. The molecule has 0 aliphatic carbocycles. The molecule has 1 aliphatic heterocycles. The van der Waals surface area contributed by atoms with Crippen LogP contribution in [0.3, 0.4) is 0 Å². The fraction of sp³-hybridized carbons (Fsp3) is 0.231. The Morgan fingerprint density at radius 3 is 2.61 bits per heavy atom. The maximum atomic E-state index is 12.4. The molecule has 0 spiro atoms. The van der Waals surface area contributed by atoms with E-state index < -0.39 is 30.5 Å². The van der Waals surface area contributed by atoms with Crippen molar-refractivity contribution in [2.45, 2.75) is 6.36 Å². The van der Waals surface area contributed by atoms with Crippen molar-refractivity contribution in [1.29, 1.82) is 0 Å². The zero-order valence-electron chi connectivity index (χ0n) is 11.4. The average molecular weight is 351 g/mol. The molecule has 1 aromatic carbocycles. The van der Waals surface area contributed by atoms with Gasteiger partial charge in [0.2, 0.25) is 0 Å². The summed E-state index contributed by atoms with van der Waals surface area (Å²) < 4.78 is 41.1. The van der Waals surface area contributed by atoms with Crippen molar-refractivity contribution < 1.29 is 32.6 Å². The van der Waals surface area contributed by atoms with Gasteiger partial charge in [-0.3, -0.25) is 14.5 Å². The quantitative estimate of drug-likeness (QED) is 0.793. The molecule has 0 bridgehead atoms. The number of hydrogen-bond donors (Lipinski definition) is 2. The molecule has 6 nitrogen and oxygen atoms in total. The molecular formula is C13H10ClF3N2O4. The highest BCUT2D eigenvalue weighted by Crippen LogP contribution is 2.37. The molecule has 0 atom stereocenters. The van der Waals surface area contributed by atoms with Crippen molar-refractivity contribution in [3.05, 3.63) is 35.0 Å². The highest BCUT2D eigenvalue weighted by Gasteiger charge is 2.35. The molecule has 2 rings (SSSR count). The number of carbonyl (C=O) groups excluding carboxylic acids is 2. The van der Waals surface area contributed by atoms with Crippen molar-refractivity contribution in [3.8, 4) is 5.75 Å². The van der Waals surface area contributed by atoms with Crippen molar-refractivity contribution in [1.82, 2.24) is 4.90 Å². The van der Waals surface area contributed by atoms with E-state index in [9.17, 15) is 22.8 Å². The van der Waals surface area contributed by atoms with Gasteiger partial charge < -0.3 is 15.2 Å². The number of rotatable bonds is 5. The van der Waals surface area contributed by atoms with Crippen LogP contribution in [0.5, 0.6) is 5.75 Å². The summed E-state index contributed by atoms with van der Waals surface area (Å²) >= 11 is 5.68. The molecule has 1 heterocycles. The van der Waals surface area contributed by atoms with E-state index in [0.29, 0.717) is 0 Å². The fourth-order valence-corrected chi connectivity index (χ4v) is 2.09. The van der Waals surface area contributed by atoms with Crippen LogP contribution in [-0.4, -0.2) is 41.3 Å². The zero-order chi connectivity index (χ0) is 17.2. The standard InChI is InChI=1S/C13H10ClF3N2O4/c14-7-2-1-3-8(11(7)23-13(15,16)17)18-9-6-10(21)19(4-5-20)12(9)22/h1-3,6,18,20H,4-5H2. The van der Waals surface area contributed by atoms with Gasteiger partial charge in [0.05, 0.1) is 23.9 Å². The number of nitrogens with zero attached hydrogens (tertiary/aromatic N) is 1. The van der Waals surface area contributed by atoms with Crippen LogP contribution in [0.1, 0.15) is 0 Å². The molecular weight excluding hydrogens is 341 g/mol. The lowest BCUT2D eigenvalue weighted by Gasteiger charge is -2.17. The van der Waals surface area contributed by atoms with Gasteiger partial charge in [0.25, 0.3) is 11.8 Å². The third-order valence-electron chi connectivity index (χ3n) is 2.79. The number of nitrogens with one attached hydrogen (secondary N) is 1. The van der Waals surface area contributed by atoms with Gasteiger partial charge in [-0.1, -0.05) is 17.7 Å². The second kappa shape index (κ2) is 6.47. The van der Waals surface area contributed by atoms with Crippen LogP contribution in [0.4, 0.5) is 18.9 Å². The summed E-state index contributed by atoms with van der Waals surface area (Å²) in [5.74, 6) is -2.18. The highest BCUT2D eigenvalue weighted by molar-refractivity contribution is 6.32. The summed E-state index contributed by atoms with van der Waals surface area (Å²) in [6.07, 6.45) is -4.06. The molecule has 0 saturated carbocycles. The van der Waals surface area contributed by atoms with Crippen LogP contribution < -0.4 is 10.1 Å². The molecule has 0 radical (unpaired) electrons. The Bertz CT molecular complexity index is 676. The molecule has 2 amide bonds. The van der Waals surface area contributed by atoms with E-state index in [4.69, 9.17) is 16.7 Å². The first kappa shape index (κ1) is 17.1. The van der Waals surface area contributed by atoms with E-state index in [1.165, 1.54) is 18.2 Å². The predicted molar refractivity (Wildman–Crippen MR) is 73.6 cm³/mol. The zero-order valence-corrected chi connectivity index (χ0v) is 12.1. The molecule has 0 aromatic heterocycles. The number of halogens is 4. The van der Waals surface area contributed by atoms with Gasteiger partial charge in [-0.25, -0.2) is 0 Å². The van der Waals surface area contributed by atoms with E-state index in [0.717, 1.165) is 11.0 Å². The van der Waals surface area contributed by atoms with Gasteiger partial charge in [-0.2, -0.15) is 0 Å². The van der Waals surface area contributed by atoms with E-state index >= 15 is 0 Å². The second-order valence-electron chi connectivity index (χ2n) is 4.37. The fourth-order valence-electron chi connectivity index (χ4n) is 1.88. The number of para-hydroxylation sites is 1. The number of benzene rings is 1. The van der Waals surface area contributed by atoms with Crippen molar-refractivity contribution in [2.75, 3.05) is 18.5 Å². The van der Waals surface area contributed by atoms with E-state index in [1.54, 1.807) is 0 Å². The minimum atomic E-state index is -4.98. The molecule has 0 saturated heterocycles. The minimum Gasteiger partial charge on any atom is -0.402 e. The third kappa shape index (κ3) is 3.93. The molecule has 1 aliphatic rings. The normalized spacial score (nSPS) is 15.0. The van der Waals surface area contributed by atoms with Crippen molar-refractivity contribution >= 4 is 29.1 Å². The van der Waals surface area contributed by atoms with Gasteiger partial charge in [-0.15, -0.1) is 13.2 Å². The predicted octanol–water partition coefficient (Wildman–Crippen LogP) is 1.90. The summed E-state index contributed by atoms with van der Waals surface area (Å²) in [4.78, 5) is 24.3. The topological polar surface area (TPSA) is 78.9 Å². The maximum absolute atomic E-state index is 12.4. The Hall–Kier alpha value is -2.26. The Balaban J connectivity index is 2.28. The minimum absolute atomic E-state index is 0.221.